The van der Waals surface area contributed by atoms with E-state index in [1.807, 2.05) is 0 Å². The van der Waals surface area contributed by atoms with E-state index in [0.29, 0.717) is 10.4 Å². The maximum Gasteiger partial charge on any atom is 0.275 e. The Morgan fingerprint density at radius 2 is 2.16 bits per heavy atom. The molecule has 1 fully saturated rings. The third-order valence-corrected chi connectivity index (χ3v) is 4.75. The van der Waals surface area contributed by atoms with Crippen LogP contribution in [0.1, 0.15) is 33.1 Å². The first kappa shape index (κ1) is 12.6. The zero-order valence-electron chi connectivity index (χ0n) is 11.3. The summed E-state index contributed by atoms with van der Waals surface area (Å²) in [7, 11) is 0. The van der Waals surface area contributed by atoms with E-state index < -0.39 is 0 Å². The molecule has 0 atom stereocenters. The summed E-state index contributed by atoms with van der Waals surface area (Å²) in [4.78, 5) is 18.9. The predicted molar refractivity (Wildman–Crippen MR) is 77.0 cm³/mol. The Bertz CT molecular complexity index is 645. The fourth-order valence-electron chi connectivity index (χ4n) is 2.48. The Morgan fingerprint density at radius 3 is 2.95 bits per heavy atom. The van der Waals surface area contributed by atoms with Crippen LogP contribution < -0.4 is 10.5 Å². The standard InChI is InChI=1S/C13H18N4OS/c1-13(2)5-3-8-16(9-6-13)12-15-17-10(18)4-7-14-11(17)19-12/h4,7H,3,5-6,8-9H2,1-2H3. The molecule has 0 bridgehead atoms. The second-order valence-corrected chi connectivity index (χ2v) is 6.80. The Labute approximate surface area is 115 Å². The number of hydrogen-bond acceptors (Lipinski definition) is 5. The molecular weight excluding hydrogens is 260 g/mol. The first-order valence-corrected chi connectivity index (χ1v) is 7.47. The van der Waals surface area contributed by atoms with Gasteiger partial charge in [0, 0.05) is 25.4 Å². The zero-order valence-corrected chi connectivity index (χ0v) is 12.1. The van der Waals surface area contributed by atoms with E-state index in [1.165, 1.54) is 34.8 Å². The fourth-order valence-corrected chi connectivity index (χ4v) is 3.40. The van der Waals surface area contributed by atoms with Crippen LogP contribution in [0, 0.1) is 5.41 Å². The molecule has 1 aliphatic rings. The van der Waals surface area contributed by atoms with Gasteiger partial charge in [0.15, 0.2) is 0 Å². The highest BCUT2D eigenvalue weighted by molar-refractivity contribution is 7.20. The minimum absolute atomic E-state index is 0.109. The molecule has 19 heavy (non-hydrogen) atoms. The number of aromatic nitrogens is 3. The summed E-state index contributed by atoms with van der Waals surface area (Å²) in [5.74, 6) is 0. The van der Waals surface area contributed by atoms with Crippen LogP contribution in [0.3, 0.4) is 0 Å². The maximum absolute atomic E-state index is 11.7. The fraction of sp³-hybridized carbons (Fsp3) is 0.615. The highest BCUT2D eigenvalue weighted by atomic mass is 32.1. The van der Waals surface area contributed by atoms with E-state index in [1.54, 1.807) is 6.20 Å². The van der Waals surface area contributed by atoms with Crippen molar-refractivity contribution in [3.05, 3.63) is 22.6 Å². The zero-order chi connectivity index (χ0) is 13.5. The average molecular weight is 278 g/mol. The quantitative estimate of drug-likeness (QED) is 0.802. The summed E-state index contributed by atoms with van der Waals surface area (Å²) in [6.07, 6.45) is 5.12. The Morgan fingerprint density at radius 1 is 1.32 bits per heavy atom. The Balaban J connectivity index is 1.92. The van der Waals surface area contributed by atoms with Crippen molar-refractivity contribution < 1.29 is 0 Å². The van der Waals surface area contributed by atoms with E-state index in [4.69, 9.17) is 0 Å². The van der Waals surface area contributed by atoms with Gasteiger partial charge in [-0.2, -0.15) is 4.52 Å². The van der Waals surface area contributed by atoms with Crippen LogP contribution in [0.4, 0.5) is 5.13 Å². The van der Waals surface area contributed by atoms with Gasteiger partial charge in [0.1, 0.15) is 0 Å². The van der Waals surface area contributed by atoms with E-state index in [9.17, 15) is 4.79 Å². The second-order valence-electron chi connectivity index (χ2n) is 5.87. The van der Waals surface area contributed by atoms with Gasteiger partial charge in [-0.1, -0.05) is 25.2 Å². The molecule has 6 heteroatoms. The van der Waals surface area contributed by atoms with Gasteiger partial charge in [0.25, 0.3) is 5.56 Å². The smallest absolute Gasteiger partial charge is 0.275 e. The number of hydrogen-bond donors (Lipinski definition) is 0. The van der Waals surface area contributed by atoms with Crippen molar-refractivity contribution in [1.82, 2.24) is 14.6 Å². The van der Waals surface area contributed by atoms with Crippen molar-refractivity contribution in [2.24, 2.45) is 5.41 Å². The highest BCUT2D eigenvalue weighted by Gasteiger charge is 2.24. The number of rotatable bonds is 1. The molecule has 0 spiro atoms. The molecular formula is C13H18N4OS. The van der Waals surface area contributed by atoms with E-state index in [0.717, 1.165) is 24.6 Å². The molecule has 3 heterocycles. The van der Waals surface area contributed by atoms with Gasteiger partial charge in [-0.25, -0.2) is 4.98 Å². The average Bonchev–Trinajstić information content (AvgIpc) is 2.70. The van der Waals surface area contributed by atoms with Crippen LogP contribution in [0.2, 0.25) is 0 Å². The van der Waals surface area contributed by atoms with Crippen LogP contribution >= 0.6 is 11.3 Å². The molecule has 0 aromatic carbocycles. The largest absolute Gasteiger partial charge is 0.347 e. The summed E-state index contributed by atoms with van der Waals surface area (Å²) in [5.41, 5.74) is 0.295. The molecule has 2 aromatic rings. The van der Waals surface area contributed by atoms with Crippen molar-refractivity contribution in [2.75, 3.05) is 18.0 Å². The number of nitrogens with zero attached hydrogens (tertiary/aromatic N) is 4. The number of fused-ring (bicyclic) bond motifs is 1. The summed E-state index contributed by atoms with van der Waals surface area (Å²) in [5, 5.41) is 5.32. The van der Waals surface area contributed by atoms with Gasteiger partial charge >= 0.3 is 0 Å². The maximum atomic E-state index is 11.7. The second kappa shape index (κ2) is 4.59. The predicted octanol–water partition coefficient (Wildman–Crippen LogP) is 2.17. The third kappa shape index (κ3) is 2.49. The van der Waals surface area contributed by atoms with Crippen LogP contribution in [-0.2, 0) is 0 Å². The van der Waals surface area contributed by atoms with E-state index in [-0.39, 0.29) is 5.56 Å². The van der Waals surface area contributed by atoms with Crippen LogP contribution in [0.25, 0.3) is 4.96 Å². The van der Waals surface area contributed by atoms with Gasteiger partial charge in [0.2, 0.25) is 10.1 Å². The van der Waals surface area contributed by atoms with Gasteiger partial charge in [-0.05, 0) is 24.7 Å². The number of anilines is 1. The van der Waals surface area contributed by atoms with Crippen molar-refractivity contribution in [3.63, 3.8) is 0 Å². The molecule has 0 unspecified atom stereocenters. The van der Waals surface area contributed by atoms with Gasteiger partial charge < -0.3 is 4.90 Å². The molecule has 5 nitrogen and oxygen atoms in total. The molecule has 1 aliphatic heterocycles. The SMILES string of the molecule is CC1(C)CCCN(c2nn3c(=O)ccnc3s2)CC1. The van der Waals surface area contributed by atoms with Gasteiger partial charge in [-0.15, -0.1) is 5.10 Å². The summed E-state index contributed by atoms with van der Waals surface area (Å²) >= 11 is 1.49. The molecule has 102 valence electrons. The molecule has 0 saturated carbocycles. The van der Waals surface area contributed by atoms with Gasteiger partial charge in [-0.3, -0.25) is 4.79 Å². The lowest BCUT2D eigenvalue weighted by molar-refractivity contribution is 0.325. The molecule has 0 aliphatic carbocycles. The van der Waals surface area contributed by atoms with E-state index in [2.05, 4.69) is 28.8 Å². The van der Waals surface area contributed by atoms with Crippen molar-refractivity contribution in [3.8, 4) is 0 Å². The minimum atomic E-state index is -0.109. The lowest BCUT2D eigenvalue weighted by atomic mass is 9.85. The molecule has 0 amide bonds. The molecule has 0 N–H and O–H groups in total. The lowest BCUT2D eigenvalue weighted by Gasteiger charge is -2.22. The summed E-state index contributed by atoms with van der Waals surface area (Å²) < 4.78 is 1.40. The highest BCUT2D eigenvalue weighted by Crippen LogP contribution is 2.32. The van der Waals surface area contributed by atoms with Gasteiger partial charge in [0.05, 0.1) is 0 Å². The lowest BCUT2D eigenvalue weighted by Crippen LogP contribution is -2.25. The first-order valence-electron chi connectivity index (χ1n) is 6.65. The molecule has 1 saturated heterocycles. The van der Waals surface area contributed by atoms with E-state index >= 15 is 0 Å². The molecule has 3 rings (SSSR count). The Hall–Kier alpha value is -1.43. The summed E-state index contributed by atoms with van der Waals surface area (Å²) in [6, 6.07) is 1.45. The molecule has 2 aromatic heterocycles. The summed E-state index contributed by atoms with van der Waals surface area (Å²) in [6.45, 7) is 6.65. The van der Waals surface area contributed by atoms with Crippen LogP contribution in [0.15, 0.2) is 17.1 Å². The topological polar surface area (TPSA) is 50.5 Å². The first-order chi connectivity index (χ1) is 9.05. The normalized spacial score (nSPS) is 19.6. The third-order valence-electron chi connectivity index (χ3n) is 3.77. The van der Waals surface area contributed by atoms with Crippen LogP contribution in [0.5, 0.6) is 0 Å². The molecule has 0 radical (unpaired) electrons. The van der Waals surface area contributed by atoms with Crippen molar-refractivity contribution >= 4 is 21.4 Å². The van der Waals surface area contributed by atoms with Crippen molar-refractivity contribution in [1.29, 1.82) is 0 Å². The Kier molecular flexibility index (Phi) is 3.05. The van der Waals surface area contributed by atoms with Crippen molar-refractivity contribution in [2.45, 2.75) is 33.1 Å². The monoisotopic (exact) mass is 278 g/mol. The minimum Gasteiger partial charge on any atom is -0.347 e. The van der Waals surface area contributed by atoms with Crippen LogP contribution in [-0.4, -0.2) is 27.7 Å².